The van der Waals surface area contributed by atoms with Crippen molar-refractivity contribution in [1.29, 1.82) is 0 Å². The third kappa shape index (κ3) is 6.15. The van der Waals surface area contributed by atoms with Crippen LogP contribution in [-0.4, -0.2) is 46.6 Å². The van der Waals surface area contributed by atoms with Crippen molar-refractivity contribution in [3.8, 4) is 0 Å². The first-order valence-electron chi connectivity index (χ1n) is 13.1. The fourth-order valence-electron chi connectivity index (χ4n) is 5.57. The van der Waals surface area contributed by atoms with Gasteiger partial charge >= 0.3 is 5.97 Å². The number of carboxylic acids is 1. The average Bonchev–Trinajstić information content (AvgIpc) is 3.30. The SMILES string of the molecule is CCO/N=C1/CC=C(c2cc(N(C(=O)[C@H]3CC[C@H](C)CC3)[C@H]3CC[C@H](O)CC3)c(C(=O)O)s2)CC1. The number of carbonyl (C=O) groups is 2. The molecule has 0 atom stereocenters. The van der Waals surface area contributed by atoms with Crippen molar-refractivity contribution in [2.24, 2.45) is 17.0 Å². The fraction of sp³-hybridized carbons (Fsp3) is 0.667. The quantitative estimate of drug-likeness (QED) is 0.454. The second-order valence-electron chi connectivity index (χ2n) is 10.3. The first-order chi connectivity index (χ1) is 16.9. The van der Waals surface area contributed by atoms with E-state index in [0.29, 0.717) is 50.3 Å². The summed E-state index contributed by atoms with van der Waals surface area (Å²) in [6, 6.07) is 1.86. The average molecular weight is 503 g/mol. The number of hydrogen-bond acceptors (Lipinski definition) is 6. The maximum atomic E-state index is 13.9. The summed E-state index contributed by atoms with van der Waals surface area (Å²) < 4.78 is 0. The van der Waals surface area contributed by atoms with Crippen molar-refractivity contribution in [3.05, 3.63) is 21.9 Å². The van der Waals surface area contributed by atoms with Gasteiger partial charge in [0.15, 0.2) is 0 Å². The molecule has 7 nitrogen and oxygen atoms in total. The van der Waals surface area contributed by atoms with E-state index < -0.39 is 5.97 Å². The zero-order valence-corrected chi connectivity index (χ0v) is 21.7. The lowest BCUT2D eigenvalue weighted by molar-refractivity contribution is -0.124. The summed E-state index contributed by atoms with van der Waals surface area (Å²) in [5.74, 6) is -0.352. The second-order valence-corrected chi connectivity index (χ2v) is 11.3. The monoisotopic (exact) mass is 502 g/mol. The smallest absolute Gasteiger partial charge is 0.348 e. The van der Waals surface area contributed by atoms with Gasteiger partial charge in [-0.25, -0.2) is 4.79 Å². The third-order valence-corrected chi connectivity index (χ3v) is 8.89. The van der Waals surface area contributed by atoms with Gasteiger partial charge in [0.1, 0.15) is 11.5 Å². The summed E-state index contributed by atoms with van der Waals surface area (Å²) in [6.45, 7) is 4.68. The van der Waals surface area contributed by atoms with Crippen LogP contribution in [0.2, 0.25) is 0 Å². The molecule has 0 radical (unpaired) electrons. The van der Waals surface area contributed by atoms with Crippen LogP contribution < -0.4 is 4.90 Å². The van der Waals surface area contributed by atoms with Crippen LogP contribution in [0.5, 0.6) is 0 Å². The van der Waals surface area contributed by atoms with Crippen molar-refractivity contribution in [1.82, 2.24) is 0 Å². The lowest BCUT2D eigenvalue weighted by Crippen LogP contribution is -2.47. The van der Waals surface area contributed by atoms with E-state index in [0.717, 1.165) is 54.7 Å². The molecule has 0 aliphatic heterocycles. The molecule has 192 valence electrons. The number of amides is 1. The molecule has 0 spiro atoms. The van der Waals surface area contributed by atoms with Crippen molar-refractivity contribution < 1.29 is 24.6 Å². The molecule has 1 amide bonds. The van der Waals surface area contributed by atoms with Gasteiger partial charge in [-0.05, 0) is 88.7 Å². The van der Waals surface area contributed by atoms with E-state index in [2.05, 4.69) is 18.2 Å². The molecule has 1 aromatic rings. The molecule has 2 saturated carbocycles. The number of nitrogens with zero attached hydrogens (tertiary/aromatic N) is 2. The van der Waals surface area contributed by atoms with E-state index in [1.165, 1.54) is 11.3 Å². The largest absolute Gasteiger partial charge is 0.477 e. The first kappa shape index (κ1) is 25.9. The Labute approximate surface area is 211 Å². The summed E-state index contributed by atoms with van der Waals surface area (Å²) >= 11 is 1.27. The van der Waals surface area contributed by atoms with Gasteiger partial charge in [-0.1, -0.05) is 18.2 Å². The van der Waals surface area contributed by atoms with Crippen LogP contribution in [0.15, 0.2) is 17.3 Å². The van der Waals surface area contributed by atoms with Crippen LogP contribution >= 0.6 is 11.3 Å². The normalized spacial score (nSPS) is 28.4. The van der Waals surface area contributed by atoms with E-state index >= 15 is 0 Å². The summed E-state index contributed by atoms with van der Waals surface area (Å²) in [4.78, 5) is 34.4. The molecule has 4 rings (SSSR count). The lowest BCUT2D eigenvalue weighted by atomic mass is 9.81. The molecule has 3 aliphatic carbocycles. The molecular formula is C27H38N2O5S. The number of aliphatic hydroxyl groups is 1. The van der Waals surface area contributed by atoms with Gasteiger partial charge < -0.3 is 20.0 Å². The molecule has 3 aliphatic rings. The molecule has 0 bridgehead atoms. The molecule has 2 N–H and O–H groups in total. The second kappa shape index (κ2) is 11.7. The van der Waals surface area contributed by atoms with Gasteiger partial charge in [-0.2, -0.15) is 0 Å². The Hall–Kier alpha value is -2.19. The minimum absolute atomic E-state index is 0.0609. The number of thiophene rings is 1. The van der Waals surface area contributed by atoms with Crippen LogP contribution in [0.3, 0.4) is 0 Å². The maximum Gasteiger partial charge on any atom is 0.348 e. The summed E-state index contributed by atoms with van der Waals surface area (Å²) in [6.07, 6.45) is 10.5. The van der Waals surface area contributed by atoms with E-state index in [9.17, 15) is 19.8 Å². The highest BCUT2D eigenvalue weighted by Crippen LogP contribution is 2.42. The van der Waals surface area contributed by atoms with Gasteiger partial charge in [0.25, 0.3) is 0 Å². The highest BCUT2D eigenvalue weighted by molar-refractivity contribution is 7.15. The summed E-state index contributed by atoms with van der Waals surface area (Å²) in [7, 11) is 0. The first-order valence-corrected chi connectivity index (χ1v) is 13.9. The Kier molecular flexibility index (Phi) is 8.65. The van der Waals surface area contributed by atoms with Crippen molar-refractivity contribution in [2.75, 3.05) is 11.5 Å². The molecule has 2 fully saturated rings. The van der Waals surface area contributed by atoms with Crippen LogP contribution in [0.25, 0.3) is 5.57 Å². The van der Waals surface area contributed by atoms with Crippen LogP contribution in [0.1, 0.15) is 99.0 Å². The fourth-order valence-corrected chi connectivity index (χ4v) is 6.63. The van der Waals surface area contributed by atoms with E-state index in [-0.39, 0.29) is 28.8 Å². The van der Waals surface area contributed by atoms with Gasteiger partial charge in [0.05, 0.1) is 17.5 Å². The molecule has 1 heterocycles. The predicted octanol–water partition coefficient (Wildman–Crippen LogP) is 5.87. The zero-order valence-electron chi connectivity index (χ0n) is 20.9. The Morgan fingerprint density at radius 3 is 2.43 bits per heavy atom. The minimum Gasteiger partial charge on any atom is -0.477 e. The highest BCUT2D eigenvalue weighted by Gasteiger charge is 2.37. The number of rotatable bonds is 7. The van der Waals surface area contributed by atoms with Crippen LogP contribution in [0.4, 0.5) is 5.69 Å². The number of carboxylic acid groups (broad SMARTS) is 1. The van der Waals surface area contributed by atoms with Crippen molar-refractivity contribution in [3.63, 3.8) is 0 Å². The summed E-state index contributed by atoms with van der Waals surface area (Å²) in [5.41, 5.74) is 2.64. The van der Waals surface area contributed by atoms with E-state index in [4.69, 9.17) is 4.84 Å². The molecule has 0 aromatic carbocycles. The molecule has 0 saturated heterocycles. The number of aromatic carboxylic acids is 1. The van der Waals surface area contributed by atoms with Gasteiger partial charge in [0, 0.05) is 23.3 Å². The molecular weight excluding hydrogens is 464 g/mol. The predicted molar refractivity (Wildman–Crippen MR) is 139 cm³/mol. The Morgan fingerprint density at radius 1 is 1.11 bits per heavy atom. The van der Waals surface area contributed by atoms with E-state index in [1.807, 2.05) is 17.9 Å². The lowest BCUT2D eigenvalue weighted by Gasteiger charge is -2.38. The number of hydrogen-bond donors (Lipinski definition) is 2. The van der Waals surface area contributed by atoms with Crippen molar-refractivity contribution >= 4 is 40.2 Å². The highest BCUT2D eigenvalue weighted by atomic mass is 32.1. The topological polar surface area (TPSA) is 99.4 Å². The molecule has 1 aromatic heterocycles. The van der Waals surface area contributed by atoms with Crippen molar-refractivity contribution in [2.45, 2.75) is 96.6 Å². The number of aliphatic hydroxyl groups excluding tert-OH is 1. The van der Waals surface area contributed by atoms with E-state index in [1.54, 1.807) is 0 Å². The number of allylic oxidation sites excluding steroid dienone is 2. The Bertz CT molecular complexity index is 968. The maximum absolute atomic E-state index is 13.9. The molecule has 8 heteroatoms. The van der Waals surface area contributed by atoms with Gasteiger partial charge in [-0.3, -0.25) is 4.79 Å². The Balaban J connectivity index is 1.66. The van der Waals surface area contributed by atoms with Gasteiger partial charge in [0.2, 0.25) is 5.91 Å². The van der Waals surface area contributed by atoms with Gasteiger partial charge in [-0.15, -0.1) is 11.3 Å². The number of anilines is 1. The number of carbonyl (C=O) groups excluding carboxylic acids is 1. The summed E-state index contributed by atoms with van der Waals surface area (Å²) in [5, 5.41) is 24.3. The molecule has 35 heavy (non-hydrogen) atoms. The molecule has 0 unspecified atom stereocenters. The minimum atomic E-state index is -0.989. The Morgan fingerprint density at radius 2 is 1.83 bits per heavy atom. The zero-order chi connectivity index (χ0) is 24.9. The standard InChI is InChI=1S/C27H38N2O5S/c1-3-34-28-20-10-8-18(9-11-20)24-16-23(25(35-24)27(32)33)29(21-12-14-22(30)15-13-21)26(31)19-6-4-17(2)5-7-19/h8,16-17,19,21-22,30H,3-7,9-15H2,1-2H3,(H,32,33)/b28-20-/t17-,19-,21-,22-. The van der Waals surface area contributed by atoms with Crippen LogP contribution in [-0.2, 0) is 9.63 Å². The van der Waals surface area contributed by atoms with Crippen LogP contribution in [0, 0.1) is 11.8 Å². The number of oxime groups is 1. The third-order valence-electron chi connectivity index (χ3n) is 7.71.